The van der Waals surface area contributed by atoms with E-state index in [9.17, 15) is 19.2 Å². The van der Waals surface area contributed by atoms with E-state index in [2.05, 4.69) is 10.6 Å². The molecule has 42 heavy (non-hydrogen) atoms. The fourth-order valence-electron chi connectivity index (χ4n) is 4.51. The van der Waals surface area contributed by atoms with Crippen LogP contribution >= 0.6 is 12.2 Å². The SMILES string of the molecule is CCC(=S)NCC1CN(c2ccc(N3CCN(C(=O)COC(=O)c4ccc(NC(=O)CN)cc4)CC3)c(F)c2)C(=O)O1. The first-order valence-electron chi connectivity index (χ1n) is 13.5. The molecule has 2 aliphatic heterocycles. The summed E-state index contributed by atoms with van der Waals surface area (Å²) in [4.78, 5) is 54.1. The Morgan fingerprint density at radius 3 is 2.48 bits per heavy atom. The second-order valence-corrected chi connectivity index (χ2v) is 10.2. The minimum atomic E-state index is -0.672. The Hall–Kier alpha value is -4.30. The third kappa shape index (κ3) is 7.70. The van der Waals surface area contributed by atoms with Crippen molar-refractivity contribution in [2.75, 3.05) is 67.5 Å². The Balaban J connectivity index is 1.24. The largest absolute Gasteiger partial charge is 0.452 e. The Morgan fingerprint density at radius 2 is 1.83 bits per heavy atom. The molecule has 2 saturated heterocycles. The number of anilines is 3. The predicted octanol–water partition coefficient (Wildman–Crippen LogP) is 1.88. The zero-order chi connectivity index (χ0) is 30.2. The Labute approximate surface area is 247 Å². The highest BCUT2D eigenvalue weighted by molar-refractivity contribution is 7.80. The summed E-state index contributed by atoms with van der Waals surface area (Å²) in [5.74, 6) is -1.88. The van der Waals surface area contributed by atoms with E-state index in [0.29, 0.717) is 61.2 Å². The van der Waals surface area contributed by atoms with E-state index in [1.165, 1.54) is 35.2 Å². The number of benzene rings is 2. The highest BCUT2D eigenvalue weighted by Gasteiger charge is 2.33. The summed E-state index contributed by atoms with van der Waals surface area (Å²) in [6, 6.07) is 10.6. The van der Waals surface area contributed by atoms with Crippen LogP contribution in [0.1, 0.15) is 23.7 Å². The smallest absolute Gasteiger partial charge is 0.414 e. The van der Waals surface area contributed by atoms with Crippen molar-refractivity contribution in [3.63, 3.8) is 0 Å². The molecule has 0 aliphatic carbocycles. The van der Waals surface area contributed by atoms with Gasteiger partial charge in [-0.1, -0.05) is 19.1 Å². The van der Waals surface area contributed by atoms with Gasteiger partial charge in [-0.25, -0.2) is 14.0 Å². The van der Waals surface area contributed by atoms with E-state index in [1.807, 2.05) is 11.8 Å². The van der Waals surface area contributed by atoms with Crippen LogP contribution in [0.15, 0.2) is 42.5 Å². The molecule has 2 aliphatic rings. The maximum atomic E-state index is 15.1. The molecule has 1 atom stereocenters. The molecule has 0 spiro atoms. The number of cyclic esters (lactones) is 1. The predicted molar refractivity (Wildman–Crippen MR) is 158 cm³/mol. The van der Waals surface area contributed by atoms with Crippen molar-refractivity contribution in [2.45, 2.75) is 19.4 Å². The molecule has 2 aromatic rings. The number of carbonyl (C=O) groups is 4. The topological polar surface area (TPSA) is 147 Å². The third-order valence-corrected chi connectivity index (χ3v) is 7.29. The van der Waals surface area contributed by atoms with Gasteiger partial charge in [0.15, 0.2) is 6.61 Å². The fourth-order valence-corrected chi connectivity index (χ4v) is 4.60. The molecule has 3 amide bonds. The lowest BCUT2D eigenvalue weighted by Gasteiger charge is -2.36. The molecule has 2 aromatic carbocycles. The number of thiocarbonyl (C=S) groups is 1. The van der Waals surface area contributed by atoms with Gasteiger partial charge in [-0.3, -0.25) is 14.5 Å². The molecule has 0 radical (unpaired) electrons. The monoisotopic (exact) mass is 600 g/mol. The fraction of sp³-hybridized carbons (Fsp3) is 0.393. The number of rotatable bonds is 10. The Morgan fingerprint density at radius 1 is 1.12 bits per heavy atom. The van der Waals surface area contributed by atoms with Crippen molar-refractivity contribution in [2.24, 2.45) is 5.73 Å². The Kier molecular flexibility index (Phi) is 10.3. The van der Waals surface area contributed by atoms with Gasteiger partial charge in [0.2, 0.25) is 5.91 Å². The van der Waals surface area contributed by atoms with Crippen molar-refractivity contribution >= 4 is 58.1 Å². The highest BCUT2D eigenvalue weighted by atomic mass is 32.1. The molecule has 0 aromatic heterocycles. The van der Waals surface area contributed by atoms with E-state index in [-0.39, 0.29) is 30.5 Å². The van der Waals surface area contributed by atoms with Crippen LogP contribution in [0.25, 0.3) is 0 Å². The number of carbonyl (C=O) groups excluding carboxylic acids is 4. The van der Waals surface area contributed by atoms with E-state index < -0.39 is 30.6 Å². The summed E-state index contributed by atoms with van der Waals surface area (Å²) in [7, 11) is 0. The van der Waals surface area contributed by atoms with Crippen LogP contribution in [-0.2, 0) is 19.1 Å². The number of hydrogen-bond acceptors (Lipinski definition) is 9. The van der Waals surface area contributed by atoms with E-state index in [1.54, 1.807) is 17.0 Å². The molecule has 0 bridgehead atoms. The summed E-state index contributed by atoms with van der Waals surface area (Å²) in [6.07, 6.45) is -0.250. The van der Waals surface area contributed by atoms with Gasteiger partial charge in [-0.15, -0.1) is 0 Å². The molecule has 4 rings (SSSR count). The van der Waals surface area contributed by atoms with Crippen molar-refractivity contribution in [3.05, 3.63) is 53.8 Å². The van der Waals surface area contributed by atoms with Crippen LogP contribution in [0.2, 0.25) is 0 Å². The molecule has 12 nitrogen and oxygen atoms in total. The number of amides is 3. The van der Waals surface area contributed by atoms with Gasteiger partial charge in [0.25, 0.3) is 5.91 Å². The van der Waals surface area contributed by atoms with Crippen molar-refractivity contribution < 1.29 is 33.0 Å². The van der Waals surface area contributed by atoms with Crippen molar-refractivity contribution in [1.29, 1.82) is 0 Å². The molecule has 1 unspecified atom stereocenters. The number of nitrogens with two attached hydrogens (primary N) is 1. The lowest BCUT2D eigenvalue weighted by atomic mass is 10.2. The van der Waals surface area contributed by atoms with Crippen molar-refractivity contribution in [3.8, 4) is 0 Å². The molecular weight excluding hydrogens is 567 g/mol. The van der Waals surface area contributed by atoms with E-state index in [0.717, 1.165) is 0 Å². The first kappa shape index (κ1) is 30.7. The molecular formula is C28H33FN6O6S. The number of halogens is 1. The standard InChI is InChI=1S/C28H33FN6O6S/c1-2-25(42)31-15-21-16-35(28(39)41-21)20-7-8-23(22(29)13-20)33-9-11-34(12-10-33)26(37)17-40-27(38)18-3-5-19(6-4-18)32-24(36)14-30/h3-8,13,21H,2,9-12,14-17,30H2,1H3,(H,31,42)(H,32,36). The van der Waals surface area contributed by atoms with Gasteiger partial charge in [0, 0.05) is 31.9 Å². The van der Waals surface area contributed by atoms with Crippen LogP contribution in [0, 0.1) is 5.82 Å². The van der Waals surface area contributed by atoms with Crippen LogP contribution in [0.3, 0.4) is 0 Å². The minimum absolute atomic E-state index is 0.160. The van der Waals surface area contributed by atoms with Crippen LogP contribution in [0.5, 0.6) is 0 Å². The normalized spacial score (nSPS) is 16.6. The number of esters is 1. The number of nitrogens with zero attached hydrogens (tertiary/aromatic N) is 3. The van der Waals surface area contributed by atoms with Crippen LogP contribution in [-0.4, -0.2) is 92.3 Å². The summed E-state index contributed by atoms with van der Waals surface area (Å²) < 4.78 is 25.7. The average molecular weight is 601 g/mol. The van der Waals surface area contributed by atoms with Gasteiger partial charge in [-0.05, 0) is 48.9 Å². The van der Waals surface area contributed by atoms with Gasteiger partial charge < -0.3 is 35.6 Å². The molecule has 0 saturated carbocycles. The zero-order valence-corrected chi connectivity index (χ0v) is 24.0. The molecule has 4 N–H and O–H groups in total. The second kappa shape index (κ2) is 14.0. The third-order valence-electron chi connectivity index (χ3n) is 6.85. The van der Waals surface area contributed by atoms with Gasteiger partial charge in [-0.2, -0.15) is 0 Å². The second-order valence-electron chi connectivity index (χ2n) is 9.68. The lowest BCUT2D eigenvalue weighted by molar-refractivity contribution is -0.134. The molecule has 14 heteroatoms. The number of ether oxygens (including phenoxy) is 2. The molecule has 224 valence electrons. The highest BCUT2D eigenvalue weighted by Crippen LogP contribution is 2.28. The average Bonchev–Trinajstić information content (AvgIpc) is 3.38. The maximum Gasteiger partial charge on any atom is 0.414 e. The molecule has 2 fully saturated rings. The number of nitrogens with one attached hydrogen (secondary N) is 2. The summed E-state index contributed by atoms with van der Waals surface area (Å²) in [6.45, 7) is 3.40. The van der Waals surface area contributed by atoms with Crippen molar-refractivity contribution in [1.82, 2.24) is 10.2 Å². The minimum Gasteiger partial charge on any atom is -0.452 e. The number of piperazine rings is 1. The van der Waals surface area contributed by atoms with Gasteiger partial charge in [0.1, 0.15) is 11.9 Å². The Bertz CT molecular complexity index is 1330. The van der Waals surface area contributed by atoms with E-state index >= 15 is 4.39 Å². The molecule has 2 heterocycles. The van der Waals surface area contributed by atoms with Gasteiger partial charge in [0.05, 0.1) is 41.6 Å². The summed E-state index contributed by atoms with van der Waals surface area (Å²) in [5, 5.41) is 5.62. The first-order chi connectivity index (χ1) is 20.2. The van der Waals surface area contributed by atoms with Crippen LogP contribution < -0.4 is 26.2 Å². The van der Waals surface area contributed by atoms with Crippen LogP contribution in [0.4, 0.5) is 26.2 Å². The summed E-state index contributed by atoms with van der Waals surface area (Å²) >= 11 is 5.14. The van der Waals surface area contributed by atoms with Gasteiger partial charge >= 0.3 is 12.1 Å². The first-order valence-corrected chi connectivity index (χ1v) is 13.9. The summed E-state index contributed by atoms with van der Waals surface area (Å²) in [5.41, 5.74) is 6.73. The number of hydrogen-bond donors (Lipinski definition) is 3. The zero-order valence-electron chi connectivity index (χ0n) is 23.1. The van der Waals surface area contributed by atoms with E-state index in [4.69, 9.17) is 27.4 Å². The quantitative estimate of drug-likeness (QED) is 0.273. The maximum absolute atomic E-state index is 15.1. The lowest BCUT2D eigenvalue weighted by Crippen LogP contribution is -2.50.